The van der Waals surface area contributed by atoms with Crippen molar-refractivity contribution in [1.29, 1.82) is 0 Å². The lowest BCUT2D eigenvalue weighted by atomic mass is 10.0. The van der Waals surface area contributed by atoms with Crippen LogP contribution in [0.5, 0.6) is 0 Å². The van der Waals surface area contributed by atoms with Gasteiger partial charge in [0.1, 0.15) is 11.5 Å². The summed E-state index contributed by atoms with van der Waals surface area (Å²) in [6.07, 6.45) is 4.98. The van der Waals surface area contributed by atoms with Crippen molar-refractivity contribution in [3.8, 4) is 0 Å². The highest BCUT2D eigenvalue weighted by molar-refractivity contribution is 5.92. The lowest BCUT2D eigenvalue weighted by Gasteiger charge is -2.38. The van der Waals surface area contributed by atoms with Crippen molar-refractivity contribution in [2.24, 2.45) is 0 Å². The van der Waals surface area contributed by atoms with Crippen molar-refractivity contribution < 1.29 is 14.3 Å². The molecular formula is C18H27N5O3. The number of piperazine rings is 1. The standard InChI is InChI=1S/C18H27N5O3/c1-2-21-7-9-23(10-8-21)17(24)15-13-20-16(14-19-15)22-5-3-18(4-6-22)25-11-12-26-18/h13-14H,2-12H2,1H3. The van der Waals surface area contributed by atoms with Crippen LogP contribution in [0.3, 0.4) is 0 Å². The molecule has 3 aliphatic heterocycles. The lowest BCUT2D eigenvalue weighted by Crippen LogP contribution is -2.48. The minimum atomic E-state index is -0.388. The van der Waals surface area contributed by atoms with Crippen LogP contribution in [-0.2, 0) is 9.47 Å². The number of amides is 1. The second-order valence-corrected chi connectivity index (χ2v) is 7.08. The Kier molecular flexibility index (Phi) is 5.06. The zero-order valence-corrected chi connectivity index (χ0v) is 15.4. The molecule has 0 radical (unpaired) electrons. The Morgan fingerprint density at radius 2 is 1.73 bits per heavy atom. The van der Waals surface area contributed by atoms with Crippen LogP contribution in [0, 0.1) is 0 Å². The minimum absolute atomic E-state index is 0.0230. The molecule has 0 aliphatic carbocycles. The molecule has 1 aromatic heterocycles. The molecule has 0 bridgehead atoms. The first-order chi connectivity index (χ1) is 12.7. The molecule has 3 fully saturated rings. The van der Waals surface area contributed by atoms with Gasteiger partial charge in [-0.25, -0.2) is 9.97 Å². The van der Waals surface area contributed by atoms with E-state index in [-0.39, 0.29) is 11.7 Å². The molecule has 3 aliphatic rings. The Bertz CT molecular complexity index is 614. The van der Waals surface area contributed by atoms with Crippen molar-refractivity contribution in [2.45, 2.75) is 25.6 Å². The second kappa shape index (κ2) is 7.46. The van der Waals surface area contributed by atoms with Gasteiger partial charge in [-0.3, -0.25) is 4.79 Å². The van der Waals surface area contributed by atoms with E-state index in [1.165, 1.54) is 0 Å². The van der Waals surface area contributed by atoms with Gasteiger partial charge in [0.15, 0.2) is 5.79 Å². The summed E-state index contributed by atoms with van der Waals surface area (Å²) in [5.41, 5.74) is 0.426. The summed E-state index contributed by atoms with van der Waals surface area (Å²) < 4.78 is 11.5. The molecule has 0 unspecified atom stereocenters. The zero-order chi connectivity index (χ0) is 18.0. The fraction of sp³-hybridized carbons (Fsp3) is 0.722. The number of piperidine rings is 1. The van der Waals surface area contributed by atoms with Crippen LogP contribution in [0.2, 0.25) is 0 Å². The number of rotatable bonds is 3. The molecule has 26 heavy (non-hydrogen) atoms. The SMILES string of the molecule is CCN1CCN(C(=O)c2cnc(N3CCC4(CC3)OCCO4)cn2)CC1. The number of hydrogen-bond donors (Lipinski definition) is 0. The Morgan fingerprint density at radius 1 is 1.04 bits per heavy atom. The first kappa shape index (κ1) is 17.6. The molecule has 1 amide bonds. The van der Waals surface area contributed by atoms with E-state index in [9.17, 15) is 4.79 Å². The third-order valence-electron chi connectivity index (χ3n) is 5.63. The van der Waals surface area contributed by atoms with Gasteiger partial charge in [0, 0.05) is 52.1 Å². The van der Waals surface area contributed by atoms with Gasteiger partial charge in [0.25, 0.3) is 5.91 Å². The number of ether oxygens (including phenoxy) is 2. The van der Waals surface area contributed by atoms with E-state index in [2.05, 4.69) is 26.7 Å². The molecule has 0 saturated carbocycles. The summed E-state index contributed by atoms with van der Waals surface area (Å²) in [7, 11) is 0. The average Bonchev–Trinajstić information content (AvgIpc) is 3.16. The molecule has 4 heterocycles. The van der Waals surface area contributed by atoms with Gasteiger partial charge >= 0.3 is 0 Å². The van der Waals surface area contributed by atoms with Crippen LogP contribution in [0.1, 0.15) is 30.3 Å². The number of likely N-dealkylation sites (N-methyl/N-ethyl adjacent to an activating group) is 1. The highest BCUT2D eigenvalue weighted by atomic mass is 16.7. The van der Waals surface area contributed by atoms with Crippen LogP contribution in [0.15, 0.2) is 12.4 Å². The van der Waals surface area contributed by atoms with Crippen molar-refractivity contribution >= 4 is 11.7 Å². The molecule has 142 valence electrons. The normalized spacial score (nSPS) is 23.6. The number of aromatic nitrogens is 2. The molecular weight excluding hydrogens is 334 g/mol. The first-order valence-electron chi connectivity index (χ1n) is 9.56. The van der Waals surface area contributed by atoms with Crippen LogP contribution in [0.4, 0.5) is 5.82 Å². The van der Waals surface area contributed by atoms with Crippen molar-refractivity contribution in [2.75, 3.05) is 63.9 Å². The molecule has 4 rings (SSSR count). The predicted molar refractivity (Wildman–Crippen MR) is 96.1 cm³/mol. The molecule has 1 spiro atoms. The van der Waals surface area contributed by atoms with Gasteiger partial charge in [-0.05, 0) is 6.54 Å². The van der Waals surface area contributed by atoms with Gasteiger partial charge in [-0.1, -0.05) is 6.92 Å². The van der Waals surface area contributed by atoms with Gasteiger partial charge in [0.2, 0.25) is 0 Å². The van der Waals surface area contributed by atoms with E-state index < -0.39 is 0 Å². The second-order valence-electron chi connectivity index (χ2n) is 7.08. The van der Waals surface area contributed by atoms with Gasteiger partial charge in [0.05, 0.1) is 25.6 Å². The van der Waals surface area contributed by atoms with Crippen molar-refractivity contribution in [3.05, 3.63) is 18.1 Å². The van der Waals surface area contributed by atoms with Crippen LogP contribution >= 0.6 is 0 Å². The quantitative estimate of drug-likeness (QED) is 0.781. The fourth-order valence-electron chi connectivity index (χ4n) is 3.89. The monoisotopic (exact) mass is 361 g/mol. The van der Waals surface area contributed by atoms with Crippen LogP contribution in [0.25, 0.3) is 0 Å². The summed E-state index contributed by atoms with van der Waals surface area (Å²) >= 11 is 0. The van der Waals surface area contributed by atoms with E-state index >= 15 is 0 Å². The largest absolute Gasteiger partial charge is 0.355 e. The molecule has 8 nitrogen and oxygen atoms in total. The van der Waals surface area contributed by atoms with Crippen molar-refractivity contribution in [3.63, 3.8) is 0 Å². The van der Waals surface area contributed by atoms with E-state index in [1.54, 1.807) is 12.4 Å². The van der Waals surface area contributed by atoms with Gasteiger partial charge in [-0.2, -0.15) is 0 Å². The summed E-state index contributed by atoms with van der Waals surface area (Å²) in [6, 6.07) is 0. The summed E-state index contributed by atoms with van der Waals surface area (Å²) in [5, 5.41) is 0. The minimum Gasteiger partial charge on any atom is -0.355 e. The van der Waals surface area contributed by atoms with Gasteiger partial charge < -0.3 is 24.2 Å². The number of hydrogen-bond acceptors (Lipinski definition) is 7. The zero-order valence-electron chi connectivity index (χ0n) is 15.4. The number of anilines is 1. The Labute approximate surface area is 154 Å². The van der Waals surface area contributed by atoms with E-state index in [1.807, 2.05) is 4.90 Å². The third kappa shape index (κ3) is 3.54. The summed E-state index contributed by atoms with van der Waals surface area (Å²) in [6.45, 7) is 9.54. The molecule has 1 aromatic rings. The molecule has 0 atom stereocenters. The first-order valence-corrected chi connectivity index (χ1v) is 9.56. The molecule has 3 saturated heterocycles. The molecule has 0 N–H and O–H groups in total. The maximum atomic E-state index is 12.6. The topological polar surface area (TPSA) is 71.0 Å². The highest BCUT2D eigenvalue weighted by Crippen LogP contribution is 2.32. The van der Waals surface area contributed by atoms with E-state index in [0.717, 1.165) is 64.5 Å². The fourth-order valence-corrected chi connectivity index (χ4v) is 3.89. The Morgan fingerprint density at radius 3 is 2.31 bits per heavy atom. The maximum Gasteiger partial charge on any atom is 0.274 e. The predicted octanol–water partition coefficient (Wildman–Crippen LogP) is 0.598. The molecule has 0 aromatic carbocycles. The maximum absolute atomic E-state index is 12.6. The van der Waals surface area contributed by atoms with Crippen LogP contribution in [-0.4, -0.2) is 90.5 Å². The lowest BCUT2D eigenvalue weighted by molar-refractivity contribution is -0.169. The van der Waals surface area contributed by atoms with E-state index in [4.69, 9.17) is 9.47 Å². The Balaban J connectivity index is 1.34. The summed E-state index contributed by atoms with van der Waals surface area (Å²) in [4.78, 5) is 27.9. The number of nitrogens with zero attached hydrogens (tertiary/aromatic N) is 5. The third-order valence-corrected chi connectivity index (χ3v) is 5.63. The highest BCUT2D eigenvalue weighted by Gasteiger charge is 2.40. The number of carbonyl (C=O) groups excluding carboxylic acids is 1. The molecule has 8 heteroatoms. The smallest absolute Gasteiger partial charge is 0.274 e. The average molecular weight is 361 g/mol. The number of carbonyl (C=O) groups is 1. The van der Waals surface area contributed by atoms with Crippen molar-refractivity contribution in [1.82, 2.24) is 19.8 Å². The van der Waals surface area contributed by atoms with Crippen LogP contribution < -0.4 is 4.90 Å². The van der Waals surface area contributed by atoms with E-state index in [0.29, 0.717) is 18.9 Å². The Hall–Kier alpha value is -1.77. The summed E-state index contributed by atoms with van der Waals surface area (Å²) in [5.74, 6) is 0.399. The van der Waals surface area contributed by atoms with Gasteiger partial charge in [-0.15, -0.1) is 0 Å².